The van der Waals surface area contributed by atoms with E-state index in [1.54, 1.807) is 18.2 Å². The summed E-state index contributed by atoms with van der Waals surface area (Å²) in [5.41, 5.74) is 16.2. The average Bonchev–Trinajstić information content (AvgIpc) is 2.60. The van der Waals surface area contributed by atoms with Gasteiger partial charge in [0, 0.05) is 11.3 Å². The third-order valence-electron chi connectivity index (χ3n) is 3.90. The number of benzene rings is 2. The van der Waals surface area contributed by atoms with Crippen LogP contribution in [0, 0.1) is 0 Å². The Bertz CT molecular complexity index is 731. The number of para-hydroxylation sites is 1. The van der Waals surface area contributed by atoms with Gasteiger partial charge in [-0.05, 0) is 41.7 Å². The molecule has 2 aromatic rings. The highest BCUT2D eigenvalue weighted by Gasteiger charge is 2.07. The van der Waals surface area contributed by atoms with Gasteiger partial charge in [-0.3, -0.25) is 4.79 Å². The SMILES string of the molecule is CCc1cccc(CC)c1NC(N)=NCc1cccc(C(N)=O)c1. The van der Waals surface area contributed by atoms with Crippen LogP contribution >= 0.6 is 0 Å². The Morgan fingerprint density at radius 1 is 1.04 bits per heavy atom. The highest BCUT2D eigenvalue weighted by atomic mass is 16.1. The number of nitrogens with two attached hydrogens (primary N) is 2. The van der Waals surface area contributed by atoms with E-state index < -0.39 is 5.91 Å². The molecule has 5 N–H and O–H groups in total. The topological polar surface area (TPSA) is 93.5 Å². The van der Waals surface area contributed by atoms with Crippen molar-refractivity contribution >= 4 is 17.6 Å². The fourth-order valence-electron chi connectivity index (χ4n) is 2.57. The molecule has 5 nitrogen and oxygen atoms in total. The van der Waals surface area contributed by atoms with E-state index in [4.69, 9.17) is 11.5 Å². The fourth-order valence-corrected chi connectivity index (χ4v) is 2.57. The molecule has 0 spiro atoms. The van der Waals surface area contributed by atoms with Gasteiger partial charge in [-0.1, -0.05) is 44.2 Å². The summed E-state index contributed by atoms with van der Waals surface area (Å²) in [7, 11) is 0. The van der Waals surface area contributed by atoms with Crippen LogP contribution in [0.4, 0.5) is 5.69 Å². The third-order valence-corrected chi connectivity index (χ3v) is 3.90. The zero-order chi connectivity index (χ0) is 17.5. The number of nitrogens with zero attached hydrogens (tertiary/aromatic N) is 1. The summed E-state index contributed by atoms with van der Waals surface area (Å²) >= 11 is 0. The molecule has 2 aromatic carbocycles. The van der Waals surface area contributed by atoms with Crippen molar-refractivity contribution < 1.29 is 4.79 Å². The molecule has 2 rings (SSSR count). The molecule has 0 aliphatic heterocycles. The normalized spacial score (nSPS) is 11.3. The maximum atomic E-state index is 11.2. The number of aryl methyl sites for hydroxylation is 2. The van der Waals surface area contributed by atoms with E-state index in [0.717, 1.165) is 24.1 Å². The first-order valence-corrected chi connectivity index (χ1v) is 8.11. The third kappa shape index (κ3) is 4.35. The van der Waals surface area contributed by atoms with Gasteiger partial charge < -0.3 is 16.8 Å². The standard InChI is InChI=1S/C19H24N4O/c1-3-14-8-6-9-15(4-2)17(14)23-19(21)22-12-13-7-5-10-16(11-13)18(20)24/h5-11H,3-4,12H2,1-2H3,(H2,20,24)(H3,21,22,23). The Balaban J connectivity index is 2.15. The maximum Gasteiger partial charge on any atom is 0.248 e. The van der Waals surface area contributed by atoms with Gasteiger partial charge in [0.2, 0.25) is 5.91 Å². The molecule has 24 heavy (non-hydrogen) atoms. The second-order valence-electron chi connectivity index (χ2n) is 5.55. The number of primary amides is 1. The smallest absolute Gasteiger partial charge is 0.248 e. The zero-order valence-corrected chi connectivity index (χ0v) is 14.2. The molecule has 0 unspecified atom stereocenters. The monoisotopic (exact) mass is 324 g/mol. The molecule has 0 heterocycles. The van der Waals surface area contributed by atoms with Crippen LogP contribution in [0.15, 0.2) is 47.5 Å². The first-order chi connectivity index (χ1) is 11.5. The lowest BCUT2D eigenvalue weighted by molar-refractivity contribution is 0.1000. The molecule has 0 aliphatic carbocycles. The predicted molar refractivity (Wildman–Crippen MR) is 99.1 cm³/mol. The predicted octanol–water partition coefficient (Wildman–Crippen LogP) is 2.84. The molecule has 0 bridgehead atoms. The van der Waals surface area contributed by atoms with Crippen molar-refractivity contribution in [3.05, 3.63) is 64.7 Å². The number of aliphatic imine (C=N–C) groups is 1. The van der Waals surface area contributed by atoms with Gasteiger partial charge in [-0.25, -0.2) is 4.99 Å². The number of hydrogen-bond donors (Lipinski definition) is 3. The highest BCUT2D eigenvalue weighted by Crippen LogP contribution is 2.22. The van der Waals surface area contributed by atoms with E-state index in [-0.39, 0.29) is 0 Å². The first-order valence-electron chi connectivity index (χ1n) is 8.11. The quantitative estimate of drug-likeness (QED) is 0.563. The Hall–Kier alpha value is -2.82. The Kier molecular flexibility index (Phi) is 5.95. The van der Waals surface area contributed by atoms with Gasteiger partial charge in [-0.15, -0.1) is 0 Å². The van der Waals surface area contributed by atoms with Crippen LogP contribution in [-0.2, 0) is 19.4 Å². The van der Waals surface area contributed by atoms with Crippen LogP contribution in [0.1, 0.15) is 40.9 Å². The number of nitrogens with one attached hydrogen (secondary N) is 1. The van der Waals surface area contributed by atoms with Crippen molar-refractivity contribution in [2.24, 2.45) is 16.5 Å². The maximum absolute atomic E-state index is 11.2. The molecule has 0 saturated heterocycles. The number of guanidine groups is 1. The van der Waals surface area contributed by atoms with Crippen molar-refractivity contribution in [2.45, 2.75) is 33.2 Å². The molecular weight excluding hydrogens is 300 g/mol. The van der Waals surface area contributed by atoms with Crippen molar-refractivity contribution in [2.75, 3.05) is 5.32 Å². The Morgan fingerprint density at radius 2 is 1.67 bits per heavy atom. The molecule has 0 saturated carbocycles. The fraction of sp³-hybridized carbons (Fsp3) is 0.263. The van der Waals surface area contributed by atoms with Gasteiger partial charge in [-0.2, -0.15) is 0 Å². The molecule has 0 aliphatic rings. The van der Waals surface area contributed by atoms with Gasteiger partial charge in [0.1, 0.15) is 0 Å². The van der Waals surface area contributed by atoms with Crippen molar-refractivity contribution in [3.63, 3.8) is 0 Å². The number of hydrogen-bond acceptors (Lipinski definition) is 2. The van der Waals surface area contributed by atoms with E-state index in [9.17, 15) is 4.79 Å². The van der Waals surface area contributed by atoms with E-state index in [0.29, 0.717) is 18.1 Å². The van der Waals surface area contributed by atoms with Gasteiger partial charge >= 0.3 is 0 Å². The number of amides is 1. The minimum Gasteiger partial charge on any atom is -0.370 e. The largest absolute Gasteiger partial charge is 0.370 e. The minimum atomic E-state index is -0.448. The number of carbonyl (C=O) groups excluding carboxylic acids is 1. The summed E-state index contributed by atoms with van der Waals surface area (Å²) in [5.74, 6) is -0.0912. The van der Waals surface area contributed by atoms with E-state index >= 15 is 0 Å². The molecule has 0 aromatic heterocycles. The van der Waals surface area contributed by atoms with Gasteiger partial charge in [0.05, 0.1) is 6.54 Å². The summed E-state index contributed by atoms with van der Waals surface area (Å²) in [6, 6.07) is 13.3. The molecule has 126 valence electrons. The lowest BCUT2D eigenvalue weighted by Gasteiger charge is -2.14. The van der Waals surface area contributed by atoms with E-state index in [2.05, 4.69) is 42.4 Å². The van der Waals surface area contributed by atoms with Crippen LogP contribution in [-0.4, -0.2) is 11.9 Å². The molecule has 0 fully saturated rings. The minimum absolute atomic E-state index is 0.357. The lowest BCUT2D eigenvalue weighted by Crippen LogP contribution is -2.24. The van der Waals surface area contributed by atoms with Gasteiger partial charge in [0.25, 0.3) is 0 Å². The highest BCUT2D eigenvalue weighted by molar-refractivity contribution is 5.94. The van der Waals surface area contributed by atoms with Crippen LogP contribution in [0.3, 0.4) is 0 Å². The second-order valence-corrected chi connectivity index (χ2v) is 5.55. The molecule has 0 radical (unpaired) electrons. The molecule has 5 heteroatoms. The second kappa shape index (κ2) is 8.15. The van der Waals surface area contributed by atoms with Crippen LogP contribution < -0.4 is 16.8 Å². The summed E-state index contributed by atoms with van der Waals surface area (Å²) in [5, 5.41) is 3.22. The number of carbonyl (C=O) groups is 1. The molecule has 0 atom stereocenters. The average molecular weight is 324 g/mol. The Labute approximate surface area is 142 Å². The Morgan fingerprint density at radius 3 is 2.25 bits per heavy atom. The van der Waals surface area contributed by atoms with Crippen LogP contribution in [0.5, 0.6) is 0 Å². The number of rotatable bonds is 6. The lowest BCUT2D eigenvalue weighted by atomic mass is 10.0. The molecular formula is C19H24N4O. The van der Waals surface area contributed by atoms with Crippen LogP contribution in [0.25, 0.3) is 0 Å². The summed E-state index contributed by atoms with van der Waals surface area (Å²) in [4.78, 5) is 15.6. The summed E-state index contributed by atoms with van der Waals surface area (Å²) in [6.07, 6.45) is 1.84. The first kappa shape index (κ1) is 17.5. The van der Waals surface area contributed by atoms with Crippen molar-refractivity contribution in [1.29, 1.82) is 0 Å². The van der Waals surface area contributed by atoms with Crippen molar-refractivity contribution in [3.8, 4) is 0 Å². The van der Waals surface area contributed by atoms with E-state index in [1.807, 2.05) is 6.07 Å². The van der Waals surface area contributed by atoms with Crippen molar-refractivity contribution in [1.82, 2.24) is 0 Å². The molecule has 1 amide bonds. The summed E-state index contributed by atoms with van der Waals surface area (Å²) in [6.45, 7) is 4.61. The van der Waals surface area contributed by atoms with Crippen LogP contribution in [0.2, 0.25) is 0 Å². The summed E-state index contributed by atoms with van der Waals surface area (Å²) < 4.78 is 0. The number of anilines is 1. The van der Waals surface area contributed by atoms with E-state index in [1.165, 1.54) is 11.1 Å². The zero-order valence-electron chi connectivity index (χ0n) is 14.2. The van der Waals surface area contributed by atoms with Gasteiger partial charge in [0.15, 0.2) is 5.96 Å².